The molecule has 0 atom stereocenters. The van der Waals surface area contributed by atoms with Gasteiger partial charge in [-0.1, -0.05) is 49.7 Å². The van der Waals surface area contributed by atoms with E-state index in [0.29, 0.717) is 16.7 Å². The zero-order valence-electron chi connectivity index (χ0n) is 18.3. The van der Waals surface area contributed by atoms with Crippen LogP contribution in [0.3, 0.4) is 0 Å². The van der Waals surface area contributed by atoms with Gasteiger partial charge in [0.2, 0.25) is 0 Å². The number of thiazole rings is 1. The molecule has 1 aliphatic heterocycles. The van der Waals surface area contributed by atoms with Gasteiger partial charge in [0, 0.05) is 54.2 Å². The van der Waals surface area contributed by atoms with Crippen LogP contribution in [0.1, 0.15) is 30.7 Å². The molecule has 8 heteroatoms. The molecule has 2 amide bonds. The number of anilines is 2. The first-order valence-corrected chi connectivity index (χ1v) is 12.0. The number of aromatic nitrogens is 1. The van der Waals surface area contributed by atoms with Gasteiger partial charge in [0.1, 0.15) is 0 Å². The van der Waals surface area contributed by atoms with Crippen LogP contribution in [0.4, 0.5) is 15.6 Å². The lowest BCUT2D eigenvalue weighted by Gasteiger charge is -2.29. The van der Waals surface area contributed by atoms with E-state index >= 15 is 0 Å². The molecule has 3 N–H and O–H groups in total. The second kappa shape index (κ2) is 9.90. The lowest BCUT2D eigenvalue weighted by atomic mass is 9.82. The molecule has 0 unspecified atom stereocenters. The lowest BCUT2D eigenvalue weighted by Crippen LogP contribution is -2.43. The summed E-state index contributed by atoms with van der Waals surface area (Å²) in [6.07, 6.45) is 0. The van der Waals surface area contributed by atoms with Crippen LogP contribution < -0.4 is 20.9 Å². The maximum atomic E-state index is 12.4. The fourth-order valence-corrected chi connectivity index (χ4v) is 4.70. The molecule has 1 fully saturated rings. The molecule has 6 nitrogen and oxygen atoms in total. The predicted octanol–water partition coefficient (Wildman–Crippen LogP) is 4.85. The van der Waals surface area contributed by atoms with E-state index in [4.69, 9.17) is 11.6 Å². The predicted molar refractivity (Wildman–Crippen MR) is 133 cm³/mol. The Morgan fingerprint density at radius 3 is 2.50 bits per heavy atom. The van der Waals surface area contributed by atoms with Gasteiger partial charge in [-0.3, -0.25) is 5.32 Å². The van der Waals surface area contributed by atoms with Crippen molar-refractivity contribution in [2.45, 2.75) is 25.8 Å². The first kappa shape index (κ1) is 22.6. The molecule has 0 radical (unpaired) electrons. The van der Waals surface area contributed by atoms with Crippen molar-refractivity contribution in [3.05, 3.63) is 75.8 Å². The summed E-state index contributed by atoms with van der Waals surface area (Å²) in [6, 6.07) is 15.9. The smallest absolute Gasteiger partial charge is 0.321 e. The number of nitrogens with one attached hydrogen (secondary N) is 3. The van der Waals surface area contributed by atoms with Crippen LogP contribution >= 0.6 is 22.9 Å². The van der Waals surface area contributed by atoms with E-state index in [9.17, 15) is 4.79 Å². The minimum Gasteiger partial charge on any atom is -0.369 e. The van der Waals surface area contributed by atoms with E-state index in [0.717, 1.165) is 43.0 Å². The minimum atomic E-state index is -0.288. The van der Waals surface area contributed by atoms with E-state index < -0.39 is 0 Å². The molecule has 3 aromatic rings. The van der Waals surface area contributed by atoms with Crippen LogP contribution in [-0.2, 0) is 12.0 Å². The lowest BCUT2D eigenvalue weighted by molar-refractivity contribution is 0.251. The fraction of sp³-hybridized carbons (Fsp3) is 0.333. The van der Waals surface area contributed by atoms with Crippen molar-refractivity contribution in [2.75, 3.05) is 36.4 Å². The maximum absolute atomic E-state index is 12.4. The molecule has 0 bridgehead atoms. The van der Waals surface area contributed by atoms with Gasteiger partial charge in [0.05, 0.1) is 5.69 Å². The average molecular weight is 470 g/mol. The molecular formula is C24H28ClN5OS. The zero-order chi connectivity index (χ0) is 22.6. The molecule has 2 heterocycles. The molecule has 2 aromatic carbocycles. The van der Waals surface area contributed by atoms with Crippen molar-refractivity contribution >= 4 is 39.8 Å². The van der Waals surface area contributed by atoms with Crippen LogP contribution in [0.25, 0.3) is 0 Å². The number of amides is 2. The van der Waals surface area contributed by atoms with E-state index in [2.05, 4.69) is 63.9 Å². The third-order valence-corrected chi connectivity index (χ3v) is 6.81. The third-order valence-electron chi connectivity index (χ3n) is 5.80. The number of nitrogens with zero attached hydrogens (tertiary/aromatic N) is 2. The SMILES string of the molecule is CC(C)(c1ccc(Cl)cc1)c1csc(NC(=O)NCc2ccc(N3CCNCC3)cc2)n1. The zero-order valence-corrected chi connectivity index (χ0v) is 19.9. The van der Waals surface area contributed by atoms with Crippen LogP contribution in [0.5, 0.6) is 0 Å². The van der Waals surface area contributed by atoms with Crippen molar-refractivity contribution in [1.82, 2.24) is 15.6 Å². The Kier molecular flexibility index (Phi) is 6.98. The average Bonchev–Trinajstić information content (AvgIpc) is 3.28. The maximum Gasteiger partial charge on any atom is 0.321 e. The van der Waals surface area contributed by atoms with Crippen LogP contribution in [0, 0.1) is 0 Å². The molecule has 1 saturated heterocycles. The molecular weight excluding hydrogens is 442 g/mol. The molecule has 0 saturated carbocycles. The number of carbonyl (C=O) groups excluding carboxylic acids is 1. The third kappa shape index (κ3) is 5.41. The minimum absolute atomic E-state index is 0.263. The second-order valence-corrected chi connectivity index (χ2v) is 9.68. The van der Waals surface area contributed by atoms with Gasteiger partial charge in [-0.25, -0.2) is 9.78 Å². The summed E-state index contributed by atoms with van der Waals surface area (Å²) in [5, 5.41) is 12.4. The Labute approximate surface area is 198 Å². The van der Waals surface area contributed by atoms with Gasteiger partial charge in [-0.2, -0.15) is 0 Å². The quantitative estimate of drug-likeness (QED) is 0.482. The number of hydrogen-bond donors (Lipinski definition) is 3. The first-order valence-electron chi connectivity index (χ1n) is 10.7. The van der Waals surface area contributed by atoms with Crippen molar-refractivity contribution in [1.29, 1.82) is 0 Å². The van der Waals surface area contributed by atoms with Gasteiger partial charge in [-0.05, 0) is 35.4 Å². The van der Waals surface area contributed by atoms with Gasteiger partial charge in [-0.15, -0.1) is 11.3 Å². The van der Waals surface area contributed by atoms with Crippen molar-refractivity contribution in [3.63, 3.8) is 0 Å². The van der Waals surface area contributed by atoms with E-state index in [1.807, 2.05) is 29.6 Å². The highest BCUT2D eigenvalue weighted by molar-refractivity contribution is 7.13. The molecule has 32 heavy (non-hydrogen) atoms. The summed E-state index contributed by atoms with van der Waals surface area (Å²) in [5.74, 6) is 0. The number of benzene rings is 2. The summed E-state index contributed by atoms with van der Waals surface area (Å²) in [6.45, 7) is 8.74. The van der Waals surface area contributed by atoms with E-state index in [-0.39, 0.29) is 11.4 Å². The van der Waals surface area contributed by atoms with Gasteiger partial charge < -0.3 is 15.5 Å². The number of urea groups is 1. The molecule has 4 rings (SSSR count). The second-order valence-electron chi connectivity index (χ2n) is 8.38. The van der Waals surface area contributed by atoms with Crippen LogP contribution in [0.2, 0.25) is 5.02 Å². The summed E-state index contributed by atoms with van der Waals surface area (Å²) >= 11 is 7.44. The molecule has 0 aliphatic carbocycles. The Morgan fingerprint density at radius 2 is 1.81 bits per heavy atom. The number of rotatable bonds is 6. The standard InChI is InChI=1S/C24H28ClN5OS/c1-24(2,18-5-7-19(25)8-6-18)21-16-32-23(28-21)29-22(31)27-15-17-3-9-20(10-4-17)30-13-11-26-12-14-30/h3-10,16,26H,11-15H2,1-2H3,(H2,27,28,29,31). The largest absolute Gasteiger partial charge is 0.369 e. The molecule has 168 valence electrons. The summed E-state index contributed by atoms with van der Waals surface area (Å²) < 4.78 is 0. The van der Waals surface area contributed by atoms with Crippen LogP contribution in [-0.4, -0.2) is 37.2 Å². The monoisotopic (exact) mass is 469 g/mol. The number of halogens is 1. The molecule has 1 aromatic heterocycles. The summed E-state index contributed by atoms with van der Waals surface area (Å²) in [5.41, 5.74) is 4.01. The highest BCUT2D eigenvalue weighted by atomic mass is 35.5. The van der Waals surface area contributed by atoms with Gasteiger partial charge in [0.15, 0.2) is 5.13 Å². The van der Waals surface area contributed by atoms with E-state index in [1.165, 1.54) is 17.0 Å². The summed E-state index contributed by atoms with van der Waals surface area (Å²) in [7, 11) is 0. The van der Waals surface area contributed by atoms with Crippen LogP contribution in [0.15, 0.2) is 53.9 Å². The van der Waals surface area contributed by atoms with Crippen molar-refractivity contribution < 1.29 is 4.79 Å². The number of hydrogen-bond acceptors (Lipinski definition) is 5. The van der Waals surface area contributed by atoms with E-state index in [1.54, 1.807) is 0 Å². The topological polar surface area (TPSA) is 69.3 Å². The fourth-order valence-electron chi connectivity index (χ4n) is 3.70. The number of piperazine rings is 1. The van der Waals surface area contributed by atoms with Gasteiger partial charge >= 0.3 is 6.03 Å². The summed E-state index contributed by atoms with van der Waals surface area (Å²) in [4.78, 5) is 19.4. The van der Waals surface area contributed by atoms with Crippen molar-refractivity contribution in [3.8, 4) is 0 Å². The van der Waals surface area contributed by atoms with Gasteiger partial charge in [0.25, 0.3) is 0 Å². The first-order chi connectivity index (χ1) is 15.4. The normalized spacial score (nSPS) is 14.3. The highest BCUT2D eigenvalue weighted by Crippen LogP contribution is 2.33. The Bertz CT molecular complexity index is 1040. The Balaban J connectivity index is 1.31. The highest BCUT2D eigenvalue weighted by Gasteiger charge is 2.26. The van der Waals surface area contributed by atoms with Crippen molar-refractivity contribution in [2.24, 2.45) is 0 Å². The number of carbonyl (C=O) groups is 1. The molecule has 0 spiro atoms. The Hall–Kier alpha value is -2.61. The Morgan fingerprint density at radius 1 is 1.12 bits per heavy atom. The molecule has 1 aliphatic rings.